The maximum atomic E-state index is 3.97. The van der Waals surface area contributed by atoms with E-state index in [1.807, 2.05) is 25.3 Å². The Morgan fingerprint density at radius 2 is 2.45 bits per heavy atom. The van der Waals surface area contributed by atoms with Crippen molar-refractivity contribution >= 4 is 12.8 Å². The average Bonchev–Trinajstić information content (AvgIpc) is 2.03. The smallest absolute Gasteiger partial charge is 0.0303 e. The van der Waals surface area contributed by atoms with Crippen LogP contribution in [0.3, 0.4) is 0 Å². The average molecular weight is 146 g/mol. The molecule has 0 spiro atoms. The molecule has 0 saturated carbocycles. The topological polar surface area (TPSA) is 25.2 Å². The van der Waals surface area contributed by atoms with Crippen LogP contribution >= 0.6 is 0 Å². The van der Waals surface area contributed by atoms with Gasteiger partial charge in [0.15, 0.2) is 0 Å². The Kier molecular flexibility index (Phi) is 2.55. The summed E-state index contributed by atoms with van der Waals surface area (Å²) in [4.78, 5) is 7.59. The highest BCUT2D eigenvalue weighted by molar-refractivity contribution is 5.52. The van der Waals surface area contributed by atoms with E-state index in [1.54, 1.807) is 12.4 Å². The number of hydrogen-bond donors (Lipinski definition) is 0. The van der Waals surface area contributed by atoms with Crippen LogP contribution in [0.1, 0.15) is 11.1 Å². The Morgan fingerprint density at radius 1 is 1.64 bits per heavy atom. The van der Waals surface area contributed by atoms with Crippen LogP contribution in [-0.2, 0) is 0 Å². The van der Waals surface area contributed by atoms with Crippen molar-refractivity contribution in [1.82, 2.24) is 4.98 Å². The van der Waals surface area contributed by atoms with Crippen molar-refractivity contribution < 1.29 is 0 Å². The quantitative estimate of drug-likeness (QED) is 0.586. The lowest BCUT2D eigenvalue weighted by Gasteiger charge is -1.95. The Labute approximate surface area is 66.3 Å². The zero-order valence-electron chi connectivity index (χ0n) is 6.49. The van der Waals surface area contributed by atoms with Crippen LogP contribution in [0.5, 0.6) is 0 Å². The zero-order chi connectivity index (χ0) is 8.10. The first-order chi connectivity index (χ1) is 5.34. The maximum absolute atomic E-state index is 3.97. The number of aliphatic imine (C=N–C) groups is 1. The second-order valence-corrected chi connectivity index (χ2v) is 2.23. The molecule has 0 saturated heterocycles. The van der Waals surface area contributed by atoms with Crippen LogP contribution in [0, 0.1) is 6.92 Å². The van der Waals surface area contributed by atoms with E-state index in [0.717, 1.165) is 11.1 Å². The molecule has 1 aromatic rings. The van der Waals surface area contributed by atoms with Gasteiger partial charge in [0.25, 0.3) is 0 Å². The lowest BCUT2D eigenvalue weighted by atomic mass is 10.1. The van der Waals surface area contributed by atoms with Gasteiger partial charge in [-0.1, -0.05) is 0 Å². The number of aromatic nitrogens is 1. The van der Waals surface area contributed by atoms with Crippen molar-refractivity contribution in [3.05, 3.63) is 35.8 Å². The molecule has 0 fully saturated rings. The fraction of sp³-hybridized carbons (Fsp3) is 0.111. The fourth-order valence-electron chi connectivity index (χ4n) is 0.804. The standard InChI is InChI=1S/C9H10N2/c1-8-7-11-6-4-9(8)3-5-10-2/h3-7H,2H2,1H3/b5-3-. The van der Waals surface area contributed by atoms with Gasteiger partial charge in [-0.15, -0.1) is 0 Å². The molecular formula is C9H10N2. The number of hydrogen-bond acceptors (Lipinski definition) is 2. The molecule has 0 unspecified atom stereocenters. The second kappa shape index (κ2) is 3.66. The molecule has 1 aromatic heterocycles. The molecule has 2 heteroatoms. The van der Waals surface area contributed by atoms with E-state index in [-0.39, 0.29) is 0 Å². The predicted molar refractivity (Wildman–Crippen MR) is 47.6 cm³/mol. The predicted octanol–water partition coefficient (Wildman–Crippen LogP) is 2.06. The summed E-state index contributed by atoms with van der Waals surface area (Å²) >= 11 is 0. The van der Waals surface area contributed by atoms with Gasteiger partial charge in [0, 0.05) is 18.6 Å². The van der Waals surface area contributed by atoms with E-state index in [1.165, 1.54) is 0 Å². The first kappa shape index (κ1) is 7.66. The van der Waals surface area contributed by atoms with Crippen molar-refractivity contribution in [2.45, 2.75) is 6.92 Å². The summed E-state index contributed by atoms with van der Waals surface area (Å²) in [5.74, 6) is 0. The largest absolute Gasteiger partial charge is 0.272 e. The van der Waals surface area contributed by atoms with Gasteiger partial charge in [-0.3, -0.25) is 9.98 Å². The van der Waals surface area contributed by atoms with Gasteiger partial charge < -0.3 is 0 Å². The van der Waals surface area contributed by atoms with E-state index in [2.05, 4.69) is 16.7 Å². The summed E-state index contributed by atoms with van der Waals surface area (Å²) in [5, 5.41) is 0. The van der Waals surface area contributed by atoms with Crippen molar-refractivity contribution in [2.24, 2.45) is 4.99 Å². The van der Waals surface area contributed by atoms with E-state index < -0.39 is 0 Å². The summed E-state index contributed by atoms with van der Waals surface area (Å²) in [5.41, 5.74) is 2.28. The summed E-state index contributed by atoms with van der Waals surface area (Å²) in [6.45, 7) is 5.36. The lowest BCUT2D eigenvalue weighted by Crippen LogP contribution is -1.80. The van der Waals surface area contributed by atoms with Gasteiger partial charge in [0.05, 0.1) is 0 Å². The third-order valence-electron chi connectivity index (χ3n) is 1.42. The minimum absolute atomic E-state index is 1.13. The number of nitrogens with zero attached hydrogens (tertiary/aromatic N) is 2. The lowest BCUT2D eigenvalue weighted by molar-refractivity contribution is 1.26. The summed E-state index contributed by atoms with van der Waals surface area (Å²) in [6.07, 6.45) is 7.16. The Bertz CT molecular complexity index is 277. The van der Waals surface area contributed by atoms with Gasteiger partial charge in [-0.05, 0) is 36.9 Å². The van der Waals surface area contributed by atoms with Gasteiger partial charge in [0.1, 0.15) is 0 Å². The molecule has 56 valence electrons. The molecule has 0 aliphatic carbocycles. The molecule has 11 heavy (non-hydrogen) atoms. The minimum Gasteiger partial charge on any atom is -0.272 e. The molecule has 0 aliphatic rings. The van der Waals surface area contributed by atoms with Gasteiger partial charge >= 0.3 is 0 Å². The highest BCUT2D eigenvalue weighted by atomic mass is 14.6. The summed E-state index contributed by atoms with van der Waals surface area (Å²) < 4.78 is 0. The second-order valence-electron chi connectivity index (χ2n) is 2.23. The molecule has 1 heterocycles. The number of aryl methyl sites for hydroxylation is 1. The monoisotopic (exact) mass is 146 g/mol. The van der Waals surface area contributed by atoms with Crippen LogP contribution in [0.15, 0.2) is 29.7 Å². The molecule has 0 aromatic carbocycles. The van der Waals surface area contributed by atoms with Crippen molar-refractivity contribution in [3.8, 4) is 0 Å². The maximum Gasteiger partial charge on any atom is 0.0303 e. The molecular weight excluding hydrogens is 136 g/mol. The van der Waals surface area contributed by atoms with Gasteiger partial charge in [-0.2, -0.15) is 0 Å². The van der Waals surface area contributed by atoms with E-state index in [4.69, 9.17) is 0 Å². The van der Waals surface area contributed by atoms with Crippen LogP contribution in [0.4, 0.5) is 0 Å². The first-order valence-electron chi connectivity index (χ1n) is 3.37. The third kappa shape index (κ3) is 2.00. The van der Waals surface area contributed by atoms with E-state index in [0.29, 0.717) is 0 Å². The molecule has 0 aliphatic heterocycles. The highest BCUT2D eigenvalue weighted by Gasteiger charge is 1.89. The molecule has 0 N–H and O–H groups in total. The molecule has 0 bridgehead atoms. The highest BCUT2D eigenvalue weighted by Crippen LogP contribution is 2.06. The Morgan fingerprint density at radius 3 is 3.09 bits per heavy atom. The minimum atomic E-state index is 1.13. The fourth-order valence-corrected chi connectivity index (χ4v) is 0.804. The van der Waals surface area contributed by atoms with Crippen LogP contribution in [0.25, 0.3) is 6.08 Å². The normalized spacial score (nSPS) is 10.3. The zero-order valence-corrected chi connectivity index (χ0v) is 6.49. The van der Waals surface area contributed by atoms with Gasteiger partial charge in [0.2, 0.25) is 0 Å². The summed E-state index contributed by atoms with van der Waals surface area (Å²) in [6, 6.07) is 1.94. The third-order valence-corrected chi connectivity index (χ3v) is 1.42. The molecule has 0 atom stereocenters. The molecule has 0 radical (unpaired) electrons. The molecule has 0 amide bonds. The van der Waals surface area contributed by atoms with Crippen molar-refractivity contribution in [2.75, 3.05) is 0 Å². The SMILES string of the molecule is C=N/C=C\c1ccncc1C. The van der Waals surface area contributed by atoms with Crippen molar-refractivity contribution in [3.63, 3.8) is 0 Å². The number of rotatable bonds is 2. The van der Waals surface area contributed by atoms with Crippen LogP contribution < -0.4 is 0 Å². The van der Waals surface area contributed by atoms with Crippen molar-refractivity contribution in [1.29, 1.82) is 0 Å². The van der Waals surface area contributed by atoms with Crippen LogP contribution in [0.2, 0.25) is 0 Å². The van der Waals surface area contributed by atoms with E-state index >= 15 is 0 Å². The first-order valence-corrected chi connectivity index (χ1v) is 3.37. The van der Waals surface area contributed by atoms with Crippen LogP contribution in [-0.4, -0.2) is 11.7 Å². The Balaban J connectivity index is 2.94. The van der Waals surface area contributed by atoms with Gasteiger partial charge in [-0.25, -0.2) is 0 Å². The Hall–Kier alpha value is -1.44. The summed E-state index contributed by atoms with van der Waals surface area (Å²) in [7, 11) is 0. The molecule has 2 nitrogen and oxygen atoms in total. The van der Waals surface area contributed by atoms with E-state index in [9.17, 15) is 0 Å². The number of pyridine rings is 1. The molecule has 1 rings (SSSR count).